The van der Waals surface area contributed by atoms with Gasteiger partial charge in [-0.05, 0) is 59.1 Å². The number of hydrogen-bond acceptors (Lipinski definition) is 3. The molecule has 0 aromatic heterocycles. The number of halogens is 1. The Morgan fingerprint density at radius 1 is 1.19 bits per heavy atom. The fourth-order valence-electron chi connectivity index (χ4n) is 2.16. The van der Waals surface area contributed by atoms with Crippen LogP contribution in [0.1, 0.15) is 24.1 Å². The Hall–Kier alpha value is -1.37. The fraction of sp³-hybridized carbons (Fsp3) is 0.200. The van der Waals surface area contributed by atoms with Gasteiger partial charge in [-0.25, -0.2) is 13.1 Å². The van der Waals surface area contributed by atoms with Crippen LogP contribution in [0.15, 0.2) is 51.8 Å². The third-order valence-corrected chi connectivity index (χ3v) is 5.77. The molecule has 112 valence electrons. The van der Waals surface area contributed by atoms with Crippen LogP contribution in [0.25, 0.3) is 0 Å². The van der Waals surface area contributed by atoms with Crippen molar-refractivity contribution < 1.29 is 8.42 Å². The Labute approximate surface area is 133 Å². The predicted molar refractivity (Wildman–Crippen MR) is 88.5 cm³/mol. The predicted octanol–water partition coefficient (Wildman–Crippen LogP) is 3.38. The molecule has 2 aromatic rings. The molecule has 1 unspecified atom stereocenters. The van der Waals surface area contributed by atoms with Gasteiger partial charge in [-0.15, -0.1) is 0 Å². The molecule has 6 heteroatoms. The second kappa shape index (κ2) is 6.17. The summed E-state index contributed by atoms with van der Waals surface area (Å²) in [4.78, 5) is 0.142. The van der Waals surface area contributed by atoms with Crippen molar-refractivity contribution in [3.05, 3.63) is 58.1 Å². The van der Waals surface area contributed by atoms with Crippen LogP contribution in [0.2, 0.25) is 0 Å². The Morgan fingerprint density at radius 3 is 2.52 bits per heavy atom. The summed E-state index contributed by atoms with van der Waals surface area (Å²) < 4.78 is 28.2. The molecule has 0 radical (unpaired) electrons. The Bertz CT molecular complexity index is 760. The van der Waals surface area contributed by atoms with Crippen LogP contribution >= 0.6 is 15.9 Å². The molecule has 0 amide bonds. The smallest absolute Gasteiger partial charge is 0.242 e. The van der Waals surface area contributed by atoms with Crippen LogP contribution in [0.3, 0.4) is 0 Å². The fourth-order valence-corrected chi connectivity index (χ4v) is 4.38. The van der Waals surface area contributed by atoms with E-state index in [0.717, 1.165) is 11.1 Å². The van der Waals surface area contributed by atoms with E-state index in [2.05, 4.69) is 20.7 Å². The number of sulfonamides is 1. The summed E-state index contributed by atoms with van der Waals surface area (Å²) in [6.07, 6.45) is 0. The standard InChI is InChI=1S/C15H17BrN2O2S/c1-10-5-3-4-6-13(10)11(2)18-21(19,20)15-9-12(17)7-8-14(15)16/h3-9,11,18H,17H2,1-2H3. The van der Waals surface area contributed by atoms with E-state index in [4.69, 9.17) is 5.73 Å². The third-order valence-electron chi connectivity index (χ3n) is 3.23. The number of rotatable bonds is 4. The molecule has 0 aliphatic rings. The number of benzene rings is 2. The summed E-state index contributed by atoms with van der Waals surface area (Å²) in [5, 5.41) is 0. The molecule has 2 aromatic carbocycles. The first-order chi connectivity index (χ1) is 9.81. The normalized spacial score (nSPS) is 13.1. The van der Waals surface area contributed by atoms with E-state index in [9.17, 15) is 8.42 Å². The quantitative estimate of drug-likeness (QED) is 0.812. The van der Waals surface area contributed by atoms with Crippen molar-refractivity contribution in [3.8, 4) is 0 Å². The molecule has 0 spiro atoms. The van der Waals surface area contributed by atoms with Gasteiger partial charge in [-0.3, -0.25) is 0 Å². The van der Waals surface area contributed by atoms with E-state index in [1.165, 1.54) is 6.07 Å². The number of nitrogen functional groups attached to an aromatic ring is 1. The van der Waals surface area contributed by atoms with Gasteiger partial charge in [0.15, 0.2) is 0 Å². The maximum absolute atomic E-state index is 12.5. The van der Waals surface area contributed by atoms with Crippen molar-refractivity contribution in [2.24, 2.45) is 0 Å². The van der Waals surface area contributed by atoms with Gasteiger partial charge in [-0.1, -0.05) is 24.3 Å². The first kappa shape index (κ1) is 16.0. The maximum atomic E-state index is 12.5. The van der Waals surface area contributed by atoms with E-state index >= 15 is 0 Å². The minimum absolute atomic E-state index is 0.142. The number of nitrogens with one attached hydrogen (secondary N) is 1. The van der Waals surface area contributed by atoms with Gasteiger partial charge in [0.25, 0.3) is 0 Å². The summed E-state index contributed by atoms with van der Waals surface area (Å²) in [6, 6.07) is 12.1. The Kier molecular flexibility index (Phi) is 4.70. The van der Waals surface area contributed by atoms with Gasteiger partial charge in [0.1, 0.15) is 0 Å². The second-order valence-corrected chi connectivity index (χ2v) is 7.43. The zero-order valence-electron chi connectivity index (χ0n) is 11.8. The Morgan fingerprint density at radius 2 is 1.86 bits per heavy atom. The van der Waals surface area contributed by atoms with Crippen molar-refractivity contribution in [2.75, 3.05) is 5.73 Å². The lowest BCUT2D eigenvalue weighted by Gasteiger charge is -2.17. The number of aryl methyl sites for hydroxylation is 1. The van der Waals surface area contributed by atoms with E-state index in [1.807, 2.05) is 38.1 Å². The molecule has 0 saturated heterocycles. The number of hydrogen-bond donors (Lipinski definition) is 2. The lowest BCUT2D eigenvalue weighted by molar-refractivity contribution is 0.566. The largest absolute Gasteiger partial charge is 0.399 e. The highest BCUT2D eigenvalue weighted by Gasteiger charge is 2.21. The minimum Gasteiger partial charge on any atom is -0.399 e. The van der Waals surface area contributed by atoms with Gasteiger partial charge in [0.2, 0.25) is 10.0 Å². The summed E-state index contributed by atoms with van der Waals surface area (Å²) >= 11 is 3.25. The third kappa shape index (κ3) is 3.64. The molecular formula is C15H17BrN2O2S. The van der Waals surface area contributed by atoms with Crippen LogP contribution in [-0.2, 0) is 10.0 Å². The molecule has 0 saturated carbocycles. The van der Waals surface area contributed by atoms with E-state index < -0.39 is 10.0 Å². The van der Waals surface area contributed by atoms with Crippen molar-refractivity contribution >= 4 is 31.6 Å². The first-order valence-electron chi connectivity index (χ1n) is 6.44. The maximum Gasteiger partial charge on any atom is 0.242 e. The van der Waals surface area contributed by atoms with Gasteiger partial charge < -0.3 is 5.73 Å². The molecule has 0 fully saturated rings. The molecule has 0 aliphatic carbocycles. The van der Waals surface area contributed by atoms with Crippen LogP contribution in [0.4, 0.5) is 5.69 Å². The van der Waals surface area contributed by atoms with Crippen LogP contribution in [0, 0.1) is 6.92 Å². The summed E-state index contributed by atoms with van der Waals surface area (Å²) in [5.74, 6) is 0. The average molecular weight is 369 g/mol. The average Bonchev–Trinajstić information content (AvgIpc) is 2.41. The lowest BCUT2D eigenvalue weighted by atomic mass is 10.0. The molecule has 0 bridgehead atoms. The van der Waals surface area contributed by atoms with Crippen molar-refractivity contribution in [1.29, 1.82) is 0 Å². The molecule has 3 N–H and O–H groups in total. The van der Waals surface area contributed by atoms with Gasteiger partial charge >= 0.3 is 0 Å². The van der Waals surface area contributed by atoms with E-state index in [-0.39, 0.29) is 10.9 Å². The van der Waals surface area contributed by atoms with Gasteiger partial charge in [-0.2, -0.15) is 0 Å². The summed E-state index contributed by atoms with van der Waals surface area (Å²) in [7, 11) is -3.65. The number of anilines is 1. The molecule has 2 rings (SSSR count). The topological polar surface area (TPSA) is 72.2 Å². The van der Waals surface area contributed by atoms with Gasteiger partial charge in [0, 0.05) is 16.2 Å². The van der Waals surface area contributed by atoms with Crippen LogP contribution in [-0.4, -0.2) is 8.42 Å². The van der Waals surface area contributed by atoms with Crippen LogP contribution in [0.5, 0.6) is 0 Å². The zero-order chi connectivity index (χ0) is 15.6. The highest BCUT2D eigenvalue weighted by molar-refractivity contribution is 9.10. The number of nitrogens with two attached hydrogens (primary N) is 1. The molecule has 0 heterocycles. The molecule has 0 aliphatic heterocycles. The van der Waals surface area contributed by atoms with Crippen molar-refractivity contribution in [1.82, 2.24) is 4.72 Å². The highest BCUT2D eigenvalue weighted by Crippen LogP contribution is 2.26. The summed E-state index contributed by atoms with van der Waals surface area (Å²) in [6.45, 7) is 3.77. The van der Waals surface area contributed by atoms with Crippen molar-refractivity contribution in [3.63, 3.8) is 0 Å². The summed E-state index contributed by atoms with van der Waals surface area (Å²) in [5.41, 5.74) is 8.07. The molecule has 4 nitrogen and oxygen atoms in total. The van der Waals surface area contributed by atoms with E-state index in [0.29, 0.717) is 10.2 Å². The SMILES string of the molecule is Cc1ccccc1C(C)NS(=O)(=O)c1cc(N)ccc1Br. The Balaban J connectivity index is 2.34. The molecule has 1 atom stereocenters. The van der Waals surface area contributed by atoms with Gasteiger partial charge in [0.05, 0.1) is 4.90 Å². The molecular weight excluding hydrogens is 352 g/mol. The first-order valence-corrected chi connectivity index (χ1v) is 8.72. The lowest BCUT2D eigenvalue weighted by Crippen LogP contribution is -2.27. The minimum atomic E-state index is -3.65. The highest BCUT2D eigenvalue weighted by atomic mass is 79.9. The monoisotopic (exact) mass is 368 g/mol. The van der Waals surface area contributed by atoms with Crippen LogP contribution < -0.4 is 10.5 Å². The zero-order valence-corrected chi connectivity index (χ0v) is 14.2. The van der Waals surface area contributed by atoms with E-state index in [1.54, 1.807) is 12.1 Å². The van der Waals surface area contributed by atoms with Crippen molar-refractivity contribution in [2.45, 2.75) is 24.8 Å². The second-order valence-electron chi connectivity index (χ2n) is 4.89. The molecule has 21 heavy (non-hydrogen) atoms.